The van der Waals surface area contributed by atoms with Crippen molar-refractivity contribution >= 4 is 65.6 Å². The molecule has 354 valence electrons. The van der Waals surface area contributed by atoms with E-state index in [0.717, 1.165) is 34.1 Å². The van der Waals surface area contributed by atoms with Crippen LogP contribution in [-0.2, 0) is 5.41 Å². The van der Waals surface area contributed by atoms with Crippen LogP contribution in [0.3, 0.4) is 0 Å². The second-order valence-corrected chi connectivity index (χ2v) is 21.3. The summed E-state index contributed by atoms with van der Waals surface area (Å²) in [5.74, 6) is 0. The van der Waals surface area contributed by atoms with E-state index in [2.05, 4.69) is 289 Å². The predicted molar refractivity (Wildman–Crippen MR) is 320 cm³/mol. The fourth-order valence-electron chi connectivity index (χ4n) is 13.3. The van der Waals surface area contributed by atoms with Crippen molar-refractivity contribution < 1.29 is 0 Å². The molecule has 0 N–H and O–H groups in total. The Bertz CT molecular complexity index is 4480. The summed E-state index contributed by atoms with van der Waals surface area (Å²) in [7, 11) is 0. The van der Waals surface area contributed by atoms with Gasteiger partial charge in [-0.3, -0.25) is 0 Å². The highest BCUT2D eigenvalue weighted by Crippen LogP contribution is 2.64. The van der Waals surface area contributed by atoms with Crippen molar-refractivity contribution in [1.29, 1.82) is 0 Å². The Morgan fingerprint density at radius 1 is 0.303 bits per heavy atom. The molecule has 13 aromatic rings. The minimum absolute atomic E-state index is 0.619. The topological polar surface area (TPSA) is 6.48 Å². The van der Waals surface area contributed by atoms with E-state index in [0.29, 0.717) is 0 Å². The third kappa shape index (κ3) is 6.15. The van der Waals surface area contributed by atoms with E-state index in [4.69, 9.17) is 0 Å². The Balaban J connectivity index is 0.971. The number of benzene rings is 12. The van der Waals surface area contributed by atoms with E-state index in [9.17, 15) is 0 Å². The number of fused-ring (bicyclic) bond motifs is 21. The summed E-state index contributed by atoms with van der Waals surface area (Å²) >= 11 is 1.93. The van der Waals surface area contributed by atoms with Gasteiger partial charge in [0.15, 0.2) is 0 Å². The largest absolute Gasteiger partial charge is 0.310 e. The summed E-state index contributed by atoms with van der Waals surface area (Å²) in [6.45, 7) is 0. The van der Waals surface area contributed by atoms with E-state index < -0.39 is 5.41 Å². The van der Waals surface area contributed by atoms with Crippen LogP contribution in [0.4, 0.5) is 34.1 Å². The fourth-order valence-corrected chi connectivity index (χ4v) is 14.5. The summed E-state index contributed by atoms with van der Waals surface area (Å²) < 4.78 is 2.67. The van der Waals surface area contributed by atoms with Gasteiger partial charge in [0, 0.05) is 59.6 Å². The highest BCUT2D eigenvalue weighted by molar-refractivity contribution is 7.26. The Kier molecular flexibility index (Phi) is 9.45. The summed E-state index contributed by atoms with van der Waals surface area (Å²) in [4.78, 5) is 4.92. The van der Waals surface area contributed by atoms with Gasteiger partial charge in [-0.1, -0.05) is 212 Å². The molecule has 16 rings (SSSR count). The number of rotatable bonds is 5. The quantitative estimate of drug-likeness (QED) is 0.170. The third-order valence-corrected chi connectivity index (χ3v) is 17.6. The number of hydrogen-bond acceptors (Lipinski definition) is 3. The number of anilines is 6. The zero-order chi connectivity index (χ0) is 49.9. The van der Waals surface area contributed by atoms with E-state index in [1.54, 1.807) is 0 Å². The smallest absolute Gasteiger partial charge is 0.0726 e. The highest BCUT2D eigenvalue weighted by Gasteiger charge is 2.50. The van der Waals surface area contributed by atoms with Gasteiger partial charge in [-0.15, -0.1) is 11.3 Å². The lowest BCUT2D eigenvalue weighted by molar-refractivity contribution is 0.776. The minimum Gasteiger partial charge on any atom is -0.310 e. The summed E-state index contributed by atoms with van der Waals surface area (Å²) in [6.07, 6.45) is 0. The van der Waals surface area contributed by atoms with Gasteiger partial charge >= 0.3 is 0 Å². The maximum absolute atomic E-state index is 2.50. The molecule has 12 aromatic carbocycles. The Labute approximate surface area is 446 Å². The molecule has 3 aliphatic rings. The van der Waals surface area contributed by atoms with Crippen LogP contribution in [-0.4, -0.2) is 0 Å². The average molecular weight is 983 g/mol. The molecule has 2 heterocycles. The second-order valence-electron chi connectivity index (χ2n) is 20.3. The van der Waals surface area contributed by atoms with Crippen LogP contribution in [0, 0.1) is 0 Å². The molecule has 0 saturated carbocycles. The van der Waals surface area contributed by atoms with Gasteiger partial charge in [-0.05, 0) is 139 Å². The zero-order valence-electron chi connectivity index (χ0n) is 41.4. The predicted octanol–water partition coefficient (Wildman–Crippen LogP) is 20.3. The molecule has 2 aliphatic carbocycles. The van der Waals surface area contributed by atoms with Crippen molar-refractivity contribution in [3.63, 3.8) is 0 Å². The number of nitrogens with zero attached hydrogens (tertiary/aromatic N) is 2. The molecule has 1 spiro atoms. The standard InChI is InChI=1S/C73H46N2S/c1-3-19-47(20-4-1)48-35-37-50(38-36-48)74(52-40-44-69-63(46-52)56-26-10-8-24-54(56)58-28-13-17-33-68(58)75(69)49-21-5-2-6-22-49)51-39-42-66-62(45-51)55-25-9-7-23-53(55)57-27-11-15-31-64(57)73(66)65-32-16-12-30-61(65)71-67(73)43-41-60-59-29-14-18-34-70(59)76-72(60)71/h1-46H. The Morgan fingerprint density at radius 3 is 1.54 bits per heavy atom. The first-order chi connectivity index (χ1) is 37.7. The molecule has 1 atom stereocenters. The van der Waals surface area contributed by atoms with E-state index in [-0.39, 0.29) is 0 Å². The van der Waals surface area contributed by atoms with Gasteiger partial charge in [0.1, 0.15) is 0 Å². The molecule has 1 aromatic heterocycles. The number of para-hydroxylation sites is 2. The average Bonchev–Trinajstić information content (AvgIpc) is 4.18. The normalized spacial score (nSPS) is 14.3. The van der Waals surface area contributed by atoms with Gasteiger partial charge in [0.05, 0.1) is 16.8 Å². The van der Waals surface area contributed by atoms with Crippen LogP contribution in [0.25, 0.3) is 86.9 Å². The van der Waals surface area contributed by atoms with Crippen LogP contribution in [0.15, 0.2) is 279 Å². The minimum atomic E-state index is -0.619. The molecule has 1 aliphatic heterocycles. The zero-order valence-corrected chi connectivity index (χ0v) is 42.2. The SMILES string of the molecule is c1ccc(-c2ccc(N(c3ccc4c(c3)-c3ccccc3-c3ccccc3N4c3ccccc3)c3ccc4c(c3)-c3ccccc3-c3ccccc3C43c4ccccc4-c4c3ccc3c4sc4ccccc43)cc2)cc1. The molecule has 1 unspecified atom stereocenters. The summed E-state index contributed by atoms with van der Waals surface area (Å²) in [5, 5.41) is 2.64. The van der Waals surface area contributed by atoms with Crippen LogP contribution in [0.5, 0.6) is 0 Å². The van der Waals surface area contributed by atoms with Gasteiger partial charge < -0.3 is 9.80 Å². The van der Waals surface area contributed by atoms with Gasteiger partial charge in [-0.25, -0.2) is 0 Å². The molecule has 0 fully saturated rings. The number of hydrogen-bond donors (Lipinski definition) is 0. The molecular weight excluding hydrogens is 937 g/mol. The van der Waals surface area contributed by atoms with Crippen molar-refractivity contribution in [3.05, 3.63) is 301 Å². The molecule has 0 radical (unpaired) electrons. The Hall–Kier alpha value is -9.54. The van der Waals surface area contributed by atoms with E-state index in [1.807, 2.05) is 11.3 Å². The summed E-state index contributed by atoms with van der Waals surface area (Å²) in [6, 6.07) is 104. The van der Waals surface area contributed by atoms with E-state index in [1.165, 1.54) is 109 Å². The van der Waals surface area contributed by atoms with Crippen molar-refractivity contribution in [2.24, 2.45) is 0 Å². The van der Waals surface area contributed by atoms with Crippen molar-refractivity contribution in [2.75, 3.05) is 9.80 Å². The van der Waals surface area contributed by atoms with E-state index >= 15 is 0 Å². The van der Waals surface area contributed by atoms with Gasteiger partial charge in [-0.2, -0.15) is 0 Å². The van der Waals surface area contributed by atoms with Crippen molar-refractivity contribution in [1.82, 2.24) is 0 Å². The molecule has 0 amide bonds. The maximum atomic E-state index is 2.50. The third-order valence-electron chi connectivity index (χ3n) is 16.4. The first-order valence-electron chi connectivity index (χ1n) is 26.2. The fraction of sp³-hybridized carbons (Fsp3) is 0.0137. The Morgan fingerprint density at radius 2 is 0.789 bits per heavy atom. The lowest BCUT2D eigenvalue weighted by Crippen LogP contribution is -2.29. The number of thiophene rings is 1. The molecule has 0 bridgehead atoms. The molecular formula is C73H46N2S. The van der Waals surface area contributed by atoms with Crippen LogP contribution in [0.1, 0.15) is 22.3 Å². The van der Waals surface area contributed by atoms with Gasteiger partial charge in [0.2, 0.25) is 0 Å². The first kappa shape index (κ1) is 42.9. The molecule has 76 heavy (non-hydrogen) atoms. The lowest BCUT2D eigenvalue weighted by atomic mass is 9.66. The van der Waals surface area contributed by atoms with Crippen LogP contribution >= 0.6 is 11.3 Å². The maximum Gasteiger partial charge on any atom is 0.0726 e. The highest BCUT2D eigenvalue weighted by atomic mass is 32.1. The van der Waals surface area contributed by atoms with Crippen molar-refractivity contribution in [2.45, 2.75) is 5.41 Å². The van der Waals surface area contributed by atoms with Crippen LogP contribution < -0.4 is 9.80 Å². The molecule has 2 nitrogen and oxygen atoms in total. The monoisotopic (exact) mass is 982 g/mol. The lowest BCUT2D eigenvalue weighted by Gasteiger charge is -2.36. The summed E-state index contributed by atoms with van der Waals surface area (Å²) in [5.41, 5.74) is 26.0. The molecule has 3 heteroatoms. The first-order valence-corrected chi connectivity index (χ1v) is 27.1. The van der Waals surface area contributed by atoms with Gasteiger partial charge in [0.25, 0.3) is 0 Å². The van der Waals surface area contributed by atoms with Crippen molar-refractivity contribution in [3.8, 4) is 66.8 Å². The second kappa shape index (κ2) is 16.7. The molecule has 0 saturated heterocycles. The van der Waals surface area contributed by atoms with Crippen LogP contribution in [0.2, 0.25) is 0 Å².